The molecule has 0 unspecified atom stereocenters. The lowest BCUT2D eigenvalue weighted by Gasteiger charge is -2.23. The Bertz CT molecular complexity index is 506. The number of amides is 1. The molecule has 24 heavy (non-hydrogen) atoms. The number of quaternary nitrogens is 2. The van der Waals surface area contributed by atoms with Gasteiger partial charge in [0.25, 0.3) is 5.91 Å². The fraction of sp³-hybridized carbons (Fsp3) is 0.632. The van der Waals surface area contributed by atoms with E-state index in [2.05, 4.69) is 29.6 Å². The number of carbonyl (C=O) groups is 1. The summed E-state index contributed by atoms with van der Waals surface area (Å²) >= 11 is 0. The number of likely N-dealkylation sites (tertiary alicyclic amines) is 1. The summed E-state index contributed by atoms with van der Waals surface area (Å²) in [5, 5.41) is 3.07. The maximum atomic E-state index is 12.1. The van der Waals surface area contributed by atoms with Crippen molar-refractivity contribution in [3.05, 3.63) is 35.4 Å². The quantitative estimate of drug-likeness (QED) is 0.612. The second-order valence-electron chi connectivity index (χ2n) is 7.12. The molecule has 0 spiro atoms. The van der Waals surface area contributed by atoms with Crippen LogP contribution in [0.4, 0.5) is 0 Å². The van der Waals surface area contributed by atoms with Crippen molar-refractivity contribution >= 4 is 5.91 Å². The first-order valence-electron chi connectivity index (χ1n) is 9.39. The normalized spacial score (nSPS) is 20.0. The van der Waals surface area contributed by atoms with Crippen LogP contribution in [0.5, 0.6) is 0 Å². The molecule has 0 aliphatic carbocycles. The van der Waals surface area contributed by atoms with Gasteiger partial charge in [0, 0.05) is 12.1 Å². The van der Waals surface area contributed by atoms with Crippen molar-refractivity contribution in [1.29, 1.82) is 0 Å². The lowest BCUT2D eigenvalue weighted by molar-refractivity contribution is -0.921. The van der Waals surface area contributed by atoms with Crippen molar-refractivity contribution in [2.45, 2.75) is 32.4 Å². The van der Waals surface area contributed by atoms with Gasteiger partial charge in [-0.15, -0.1) is 0 Å². The summed E-state index contributed by atoms with van der Waals surface area (Å²) in [6.07, 6.45) is 3.84. The number of morpholine rings is 1. The molecule has 0 atom stereocenters. The number of nitrogens with one attached hydrogen (secondary N) is 3. The van der Waals surface area contributed by atoms with E-state index in [4.69, 9.17) is 4.74 Å². The second-order valence-corrected chi connectivity index (χ2v) is 7.12. The fourth-order valence-electron chi connectivity index (χ4n) is 3.62. The van der Waals surface area contributed by atoms with Gasteiger partial charge in [0.05, 0.1) is 26.3 Å². The summed E-state index contributed by atoms with van der Waals surface area (Å²) in [6.45, 7) is 8.55. The third kappa shape index (κ3) is 5.58. The fourth-order valence-corrected chi connectivity index (χ4v) is 3.62. The van der Waals surface area contributed by atoms with E-state index in [1.54, 1.807) is 4.90 Å². The molecule has 5 nitrogen and oxygen atoms in total. The molecule has 132 valence electrons. The van der Waals surface area contributed by atoms with Crippen LogP contribution in [0.3, 0.4) is 0 Å². The van der Waals surface area contributed by atoms with Crippen molar-refractivity contribution in [2.24, 2.45) is 0 Å². The molecule has 3 N–H and O–H groups in total. The predicted molar refractivity (Wildman–Crippen MR) is 92.9 cm³/mol. The molecular formula is C19H31N3O2+2. The molecule has 2 fully saturated rings. The van der Waals surface area contributed by atoms with Gasteiger partial charge in [0.2, 0.25) is 0 Å². The number of rotatable bonds is 6. The average Bonchev–Trinajstić information content (AvgIpc) is 2.63. The molecule has 1 amide bonds. The van der Waals surface area contributed by atoms with Gasteiger partial charge in [0.1, 0.15) is 19.6 Å². The molecule has 2 heterocycles. The molecule has 0 aromatic heterocycles. The van der Waals surface area contributed by atoms with Crippen LogP contribution in [0.1, 0.15) is 30.4 Å². The largest absolute Gasteiger partial charge is 0.370 e. The summed E-state index contributed by atoms with van der Waals surface area (Å²) < 4.78 is 5.40. The van der Waals surface area contributed by atoms with Crippen molar-refractivity contribution in [1.82, 2.24) is 5.32 Å². The van der Waals surface area contributed by atoms with E-state index in [9.17, 15) is 4.79 Å². The Hall–Kier alpha value is -1.43. The van der Waals surface area contributed by atoms with Crippen molar-refractivity contribution < 1.29 is 19.3 Å². The minimum Gasteiger partial charge on any atom is -0.370 e. The Kier molecular flexibility index (Phi) is 6.64. The van der Waals surface area contributed by atoms with Crippen molar-refractivity contribution in [3.63, 3.8) is 0 Å². The molecular weight excluding hydrogens is 302 g/mol. The molecule has 2 saturated heterocycles. The number of ether oxygens (including phenoxy) is 1. The Morgan fingerprint density at radius 2 is 1.58 bits per heavy atom. The van der Waals surface area contributed by atoms with Crippen LogP contribution >= 0.6 is 0 Å². The Balaban J connectivity index is 1.39. The Morgan fingerprint density at radius 3 is 2.29 bits per heavy atom. The molecule has 0 bridgehead atoms. The van der Waals surface area contributed by atoms with Gasteiger partial charge in [-0.3, -0.25) is 4.79 Å². The van der Waals surface area contributed by atoms with E-state index in [0.29, 0.717) is 13.1 Å². The van der Waals surface area contributed by atoms with Gasteiger partial charge in [-0.1, -0.05) is 24.3 Å². The van der Waals surface area contributed by atoms with Gasteiger partial charge in [0.15, 0.2) is 6.54 Å². The zero-order valence-corrected chi connectivity index (χ0v) is 14.6. The van der Waals surface area contributed by atoms with Crippen LogP contribution in [0, 0.1) is 0 Å². The van der Waals surface area contributed by atoms with E-state index in [1.165, 1.54) is 35.3 Å². The van der Waals surface area contributed by atoms with Crippen LogP contribution in [0.2, 0.25) is 0 Å². The van der Waals surface area contributed by atoms with E-state index >= 15 is 0 Å². The predicted octanol–water partition coefficient (Wildman–Crippen LogP) is -1.21. The lowest BCUT2D eigenvalue weighted by Crippen LogP contribution is -3.13. The lowest BCUT2D eigenvalue weighted by atomic mass is 10.1. The highest BCUT2D eigenvalue weighted by atomic mass is 16.5. The Morgan fingerprint density at radius 1 is 0.917 bits per heavy atom. The Labute approximate surface area is 145 Å². The molecule has 5 heteroatoms. The minimum atomic E-state index is 0.175. The maximum Gasteiger partial charge on any atom is 0.275 e. The first-order valence-corrected chi connectivity index (χ1v) is 9.39. The molecule has 1 aromatic rings. The average molecular weight is 333 g/mol. The van der Waals surface area contributed by atoms with Gasteiger partial charge >= 0.3 is 0 Å². The first-order chi connectivity index (χ1) is 11.8. The summed E-state index contributed by atoms with van der Waals surface area (Å²) in [5.41, 5.74) is 2.54. The van der Waals surface area contributed by atoms with Crippen LogP contribution in [-0.4, -0.2) is 51.8 Å². The third-order valence-electron chi connectivity index (χ3n) is 5.14. The topological polar surface area (TPSA) is 47.2 Å². The van der Waals surface area contributed by atoms with Crippen LogP contribution in [0.25, 0.3) is 0 Å². The van der Waals surface area contributed by atoms with Gasteiger partial charge in [-0.05, 0) is 24.8 Å². The summed E-state index contributed by atoms with van der Waals surface area (Å²) in [7, 11) is 0. The molecule has 2 aliphatic heterocycles. The number of hydrogen-bond donors (Lipinski definition) is 3. The molecule has 0 saturated carbocycles. The first kappa shape index (κ1) is 17.4. The van der Waals surface area contributed by atoms with E-state index < -0.39 is 0 Å². The monoisotopic (exact) mass is 333 g/mol. The summed E-state index contributed by atoms with van der Waals surface area (Å²) in [6, 6.07) is 8.67. The smallest absolute Gasteiger partial charge is 0.275 e. The van der Waals surface area contributed by atoms with Crippen LogP contribution in [0.15, 0.2) is 24.3 Å². The molecule has 3 rings (SSSR count). The third-order valence-corrected chi connectivity index (χ3v) is 5.14. The van der Waals surface area contributed by atoms with Crippen molar-refractivity contribution in [2.75, 3.05) is 45.9 Å². The van der Waals surface area contributed by atoms with E-state index in [0.717, 1.165) is 45.9 Å². The number of carbonyl (C=O) groups excluding carboxylic acids is 1. The van der Waals surface area contributed by atoms with Gasteiger partial charge in [-0.2, -0.15) is 0 Å². The number of benzene rings is 1. The highest BCUT2D eigenvalue weighted by Gasteiger charge is 2.17. The standard InChI is InChI=1S/C19H29N3O2/c23-19(16-21-8-2-1-3-9-21)20-14-17-4-6-18(7-5-17)15-22-10-12-24-13-11-22/h4-7H,1-3,8-16H2,(H,20,23)/p+2. The van der Waals surface area contributed by atoms with Crippen molar-refractivity contribution in [3.8, 4) is 0 Å². The number of hydrogen-bond acceptors (Lipinski definition) is 2. The minimum absolute atomic E-state index is 0.175. The highest BCUT2D eigenvalue weighted by molar-refractivity contribution is 5.76. The zero-order valence-electron chi connectivity index (χ0n) is 14.6. The summed E-state index contributed by atoms with van der Waals surface area (Å²) in [4.78, 5) is 15.1. The molecule has 2 aliphatic rings. The van der Waals surface area contributed by atoms with E-state index in [-0.39, 0.29) is 5.91 Å². The van der Waals surface area contributed by atoms with Crippen LogP contribution < -0.4 is 15.1 Å². The summed E-state index contributed by atoms with van der Waals surface area (Å²) in [5.74, 6) is 0.175. The molecule has 0 radical (unpaired) electrons. The maximum absolute atomic E-state index is 12.1. The molecule has 1 aromatic carbocycles. The van der Waals surface area contributed by atoms with Gasteiger partial charge < -0.3 is 19.9 Å². The SMILES string of the molecule is O=C(C[NH+]1CCCCC1)NCc1ccc(C[NH+]2CCOCC2)cc1. The number of piperidine rings is 1. The van der Waals surface area contributed by atoms with Gasteiger partial charge in [-0.25, -0.2) is 0 Å². The van der Waals surface area contributed by atoms with E-state index in [1.807, 2.05) is 0 Å². The highest BCUT2D eigenvalue weighted by Crippen LogP contribution is 2.03. The van der Waals surface area contributed by atoms with Crippen LogP contribution in [-0.2, 0) is 22.6 Å². The second kappa shape index (κ2) is 9.16. The zero-order chi connectivity index (χ0) is 16.6.